The van der Waals surface area contributed by atoms with Gasteiger partial charge in [0.25, 0.3) is 0 Å². The molecule has 1 unspecified atom stereocenters. The monoisotopic (exact) mass is 516 g/mol. The number of benzene rings is 2. The number of fused-ring (bicyclic) bond motifs is 2. The first-order valence-corrected chi connectivity index (χ1v) is 9.81. The maximum absolute atomic E-state index is 12.4. The first-order valence-electron chi connectivity index (χ1n) is 9.81. The van der Waals surface area contributed by atoms with Crippen LogP contribution in [-0.2, 0) is 11.3 Å². The Hall–Kier alpha value is -2.48. The molecular weight excluding hydrogens is 498 g/mol. The second-order valence-electron chi connectivity index (χ2n) is 7.21. The maximum atomic E-state index is 12.4. The van der Waals surface area contributed by atoms with E-state index in [-0.39, 0.29) is 99.8 Å². The quantitative estimate of drug-likeness (QED) is 0.173. The molecule has 0 aliphatic rings. The van der Waals surface area contributed by atoms with E-state index in [9.17, 15) is 24.3 Å². The van der Waals surface area contributed by atoms with Crippen LogP contribution in [0, 0.1) is 0 Å². The molecule has 0 saturated carbocycles. The van der Waals surface area contributed by atoms with Crippen LogP contribution in [0.15, 0.2) is 67.0 Å². The number of hydrogen-bond donors (Lipinski definition) is 3. The number of aliphatic hydroxyl groups is 1. The van der Waals surface area contributed by atoms with E-state index in [1.165, 1.54) is 24.3 Å². The molecule has 0 amide bonds. The number of carbonyl (C=O) groups is 2. The van der Waals surface area contributed by atoms with Crippen LogP contribution in [0.4, 0.5) is 0 Å². The molecule has 2 heterocycles. The molecular formula is C23H18Na2O11. The van der Waals surface area contributed by atoms with Crippen molar-refractivity contribution < 1.29 is 43.5 Å². The Balaban J connectivity index is 0.00000228. The summed E-state index contributed by atoms with van der Waals surface area (Å²) in [5.41, 5.74) is -0.764. The normalized spacial score (nSPS) is 11.4. The Morgan fingerprint density at radius 2 is 1.36 bits per heavy atom. The molecule has 1 atom stereocenters. The second-order valence-corrected chi connectivity index (χ2v) is 7.21. The molecule has 0 aliphatic carbocycles. The van der Waals surface area contributed by atoms with Crippen molar-refractivity contribution in [2.75, 3.05) is 6.61 Å². The van der Waals surface area contributed by atoms with E-state index in [1.807, 2.05) is 0 Å². The number of rotatable bonds is 8. The fourth-order valence-electron chi connectivity index (χ4n) is 3.40. The van der Waals surface area contributed by atoms with Gasteiger partial charge in [-0.3, -0.25) is 9.59 Å². The Kier molecular flexibility index (Phi) is 10.5. The van der Waals surface area contributed by atoms with E-state index in [0.717, 1.165) is 12.1 Å². The molecule has 0 radical (unpaired) electrons. The minimum atomic E-state index is -1.40. The number of hydrogen-bond acceptors (Lipinski definition) is 9. The predicted molar refractivity (Wildman–Crippen MR) is 129 cm³/mol. The molecule has 2 aromatic carbocycles. The molecule has 178 valence electrons. The van der Waals surface area contributed by atoms with E-state index in [2.05, 4.69) is 0 Å². The number of carboxylic acid groups (broad SMARTS) is 2. The van der Waals surface area contributed by atoms with E-state index >= 15 is 0 Å². The molecule has 13 heteroatoms. The zero-order valence-electron chi connectivity index (χ0n) is 17.2. The third-order valence-electron chi connectivity index (χ3n) is 4.84. The summed E-state index contributed by atoms with van der Waals surface area (Å²) in [5, 5.41) is 28.5. The van der Waals surface area contributed by atoms with E-state index in [4.69, 9.17) is 28.8 Å². The van der Waals surface area contributed by atoms with Gasteiger partial charge in [-0.05, 0) is 23.8 Å². The summed E-state index contributed by atoms with van der Waals surface area (Å²) in [6.45, 7) is -0.357. The van der Waals surface area contributed by atoms with Crippen LogP contribution >= 0.6 is 0 Å². The van der Waals surface area contributed by atoms with Gasteiger partial charge in [0.2, 0.25) is 11.5 Å². The number of carboxylic acids is 2. The second kappa shape index (κ2) is 12.7. The first-order chi connectivity index (χ1) is 16.2. The number of aliphatic hydroxyl groups excluding tert-OH is 1. The molecule has 4 aromatic rings. The standard InChI is InChI=1S/C23H16O11.2Na.2H/c24-12(7-11-3-1-4-15-20(11)13(25)8-18(32-15)22(27)28)10-31-34-17-6-2-5-16-21(17)14(26)9-19(33-16)23(29)30;;;;/h1-6,8-9,12,24H,7,10H2,(H,27,28)(H,29,30);;;;. The van der Waals surface area contributed by atoms with Crippen molar-refractivity contribution in [1.82, 2.24) is 0 Å². The fourth-order valence-corrected chi connectivity index (χ4v) is 3.40. The third kappa shape index (κ3) is 6.44. The van der Waals surface area contributed by atoms with Crippen molar-refractivity contribution >= 4 is 93.0 Å². The topological polar surface area (TPSA) is 174 Å². The summed E-state index contributed by atoms with van der Waals surface area (Å²) in [6, 6.07) is 10.5. The van der Waals surface area contributed by atoms with Crippen LogP contribution in [0.5, 0.6) is 5.75 Å². The Labute approximate surface area is 245 Å². The summed E-state index contributed by atoms with van der Waals surface area (Å²) in [4.78, 5) is 57.1. The van der Waals surface area contributed by atoms with Gasteiger partial charge >= 0.3 is 71.1 Å². The van der Waals surface area contributed by atoms with Crippen molar-refractivity contribution in [3.05, 3.63) is 86.1 Å². The van der Waals surface area contributed by atoms with Gasteiger partial charge in [-0.2, -0.15) is 4.89 Å². The average Bonchev–Trinajstić information content (AvgIpc) is 2.78. The van der Waals surface area contributed by atoms with Crippen molar-refractivity contribution in [2.24, 2.45) is 0 Å². The van der Waals surface area contributed by atoms with Gasteiger partial charge in [-0.1, -0.05) is 18.2 Å². The first kappa shape index (κ1) is 29.7. The molecule has 11 nitrogen and oxygen atoms in total. The van der Waals surface area contributed by atoms with Crippen molar-refractivity contribution in [2.45, 2.75) is 12.5 Å². The summed E-state index contributed by atoms with van der Waals surface area (Å²) in [5.74, 6) is -3.84. The van der Waals surface area contributed by atoms with Crippen molar-refractivity contribution in [3.8, 4) is 5.75 Å². The Bertz CT molecular complexity index is 1540. The van der Waals surface area contributed by atoms with Crippen LogP contribution in [0.3, 0.4) is 0 Å². The van der Waals surface area contributed by atoms with E-state index < -0.39 is 40.4 Å². The molecule has 3 N–H and O–H groups in total. The summed E-state index contributed by atoms with van der Waals surface area (Å²) in [7, 11) is 0. The van der Waals surface area contributed by atoms with Gasteiger partial charge in [0.15, 0.2) is 16.6 Å². The third-order valence-corrected chi connectivity index (χ3v) is 4.84. The predicted octanol–water partition coefficient (Wildman–Crippen LogP) is 0.913. The van der Waals surface area contributed by atoms with Gasteiger partial charge < -0.3 is 29.0 Å². The molecule has 0 spiro atoms. The van der Waals surface area contributed by atoms with E-state index in [1.54, 1.807) is 12.1 Å². The molecule has 0 saturated heterocycles. The summed E-state index contributed by atoms with van der Waals surface area (Å²) in [6.07, 6.45) is -1.19. The van der Waals surface area contributed by atoms with E-state index in [0.29, 0.717) is 5.56 Å². The van der Waals surface area contributed by atoms with Gasteiger partial charge in [0, 0.05) is 18.6 Å². The Morgan fingerprint density at radius 1 is 0.833 bits per heavy atom. The molecule has 0 aliphatic heterocycles. The van der Waals surface area contributed by atoms with Crippen LogP contribution < -0.4 is 15.7 Å². The van der Waals surface area contributed by atoms with Crippen LogP contribution in [0.1, 0.15) is 26.7 Å². The zero-order valence-corrected chi connectivity index (χ0v) is 17.2. The van der Waals surface area contributed by atoms with Gasteiger partial charge in [-0.15, -0.1) is 0 Å². The van der Waals surface area contributed by atoms with Crippen molar-refractivity contribution in [1.29, 1.82) is 0 Å². The van der Waals surface area contributed by atoms with Gasteiger partial charge in [0.05, 0.1) is 11.5 Å². The molecule has 2 aromatic heterocycles. The average molecular weight is 516 g/mol. The summed E-state index contributed by atoms with van der Waals surface area (Å²) < 4.78 is 10.4. The minimum absolute atomic E-state index is 0. The van der Waals surface area contributed by atoms with Crippen LogP contribution in [0.2, 0.25) is 0 Å². The fraction of sp³-hybridized carbons (Fsp3) is 0.130. The molecule has 36 heavy (non-hydrogen) atoms. The van der Waals surface area contributed by atoms with Crippen LogP contribution in [-0.4, -0.2) is 99.1 Å². The van der Waals surface area contributed by atoms with Gasteiger partial charge in [-0.25, -0.2) is 9.59 Å². The number of aromatic carboxylic acids is 2. The molecule has 0 fully saturated rings. The van der Waals surface area contributed by atoms with Crippen molar-refractivity contribution in [3.63, 3.8) is 0 Å². The Morgan fingerprint density at radius 3 is 1.94 bits per heavy atom. The zero-order chi connectivity index (χ0) is 24.4. The molecule has 4 rings (SSSR count). The SMILES string of the molecule is O=C(O)c1cc(=O)c2c(CC(O)COOc3cccc4oc(C(=O)O)cc(=O)c34)cccc2o1.[NaH].[NaH]. The van der Waals surface area contributed by atoms with Crippen LogP contribution in [0.25, 0.3) is 21.9 Å². The molecule has 0 bridgehead atoms. The summed E-state index contributed by atoms with van der Waals surface area (Å²) >= 11 is 0. The van der Waals surface area contributed by atoms with Gasteiger partial charge in [0.1, 0.15) is 23.2 Å².